The zero-order chi connectivity index (χ0) is 11.0. The molecule has 0 aliphatic heterocycles. The minimum Gasteiger partial charge on any atom is -0.421 e. The van der Waals surface area contributed by atoms with E-state index >= 15 is 0 Å². The Bertz CT molecular complexity index is 138. The summed E-state index contributed by atoms with van der Waals surface area (Å²) in [6.45, 7) is 12.8. The van der Waals surface area contributed by atoms with Crippen LogP contribution in [0.4, 0.5) is 0 Å². The van der Waals surface area contributed by atoms with Crippen molar-refractivity contribution in [2.24, 2.45) is 0 Å². The summed E-state index contributed by atoms with van der Waals surface area (Å²) >= 11 is 0. The van der Waals surface area contributed by atoms with Crippen molar-refractivity contribution in [3.8, 4) is 0 Å². The van der Waals surface area contributed by atoms with Crippen molar-refractivity contribution in [3.05, 3.63) is 0 Å². The van der Waals surface area contributed by atoms with Crippen LogP contribution in [0.5, 0.6) is 0 Å². The van der Waals surface area contributed by atoms with Crippen LogP contribution in [-0.4, -0.2) is 37.4 Å². The third-order valence-corrected chi connectivity index (χ3v) is 9.98. The minimum absolute atomic E-state index is 0.746. The molecule has 0 saturated carbocycles. The fourth-order valence-corrected chi connectivity index (χ4v) is 9.10. The Morgan fingerprint density at radius 2 is 1.50 bits per heavy atom. The normalized spacial score (nSPS) is 14.4. The summed E-state index contributed by atoms with van der Waals surface area (Å²) < 4.78 is 17.2. The lowest BCUT2D eigenvalue weighted by Crippen LogP contribution is -2.43. The Balaban J connectivity index is 4.05. The first-order valence-electron chi connectivity index (χ1n) is 5.47. The van der Waals surface area contributed by atoms with E-state index in [9.17, 15) is 0 Å². The van der Waals surface area contributed by atoms with Gasteiger partial charge >= 0.3 is 8.56 Å². The van der Waals surface area contributed by atoms with Gasteiger partial charge in [0.15, 0.2) is 9.04 Å². The summed E-state index contributed by atoms with van der Waals surface area (Å²) in [5, 5.41) is 0. The number of hydrogen-bond donors (Lipinski definition) is 0. The highest BCUT2D eigenvalue weighted by atomic mass is 28.4. The van der Waals surface area contributed by atoms with Crippen LogP contribution in [0.1, 0.15) is 20.8 Å². The molecule has 0 radical (unpaired) electrons. The fourth-order valence-electron chi connectivity index (χ4n) is 1.64. The van der Waals surface area contributed by atoms with Crippen molar-refractivity contribution < 1.29 is 13.3 Å². The van der Waals surface area contributed by atoms with Gasteiger partial charge in [-0.2, -0.15) is 0 Å². The molecule has 1 unspecified atom stereocenters. The molecule has 3 nitrogen and oxygen atoms in total. The van der Waals surface area contributed by atoms with Crippen molar-refractivity contribution in [1.29, 1.82) is 0 Å². The molecule has 0 aromatic heterocycles. The second kappa shape index (κ2) is 7.59. The molecule has 0 saturated heterocycles. The average Bonchev–Trinajstić information content (AvgIpc) is 2.04. The molecule has 0 N–H and O–H groups in total. The highest BCUT2D eigenvalue weighted by Crippen LogP contribution is 2.15. The monoisotopic (exact) mass is 236 g/mol. The van der Waals surface area contributed by atoms with Gasteiger partial charge in [-0.05, 0) is 33.9 Å². The third kappa shape index (κ3) is 5.92. The van der Waals surface area contributed by atoms with Gasteiger partial charge in [0.05, 0.1) is 0 Å². The Labute approximate surface area is 90.7 Å². The summed E-state index contributed by atoms with van der Waals surface area (Å²) in [4.78, 5) is 0. The second-order valence-corrected chi connectivity index (χ2v) is 9.90. The van der Waals surface area contributed by atoms with Crippen molar-refractivity contribution in [1.82, 2.24) is 0 Å². The van der Waals surface area contributed by atoms with Crippen LogP contribution in [-0.2, 0) is 13.3 Å². The highest BCUT2D eigenvalue weighted by molar-refractivity contribution is 6.78. The Kier molecular flexibility index (Phi) is 7.76. The molecule has 0 aliphatic rings. The van der Waals surface area contributed by atoms with Crippen LogP contribution in [0.2, 0.25) is 18.8 Å². The smallest absolute Gasteiger partial charge is 0.334 e. The third-order valence-electron chi connectivity index (χ3n) is 2.01. The van der Waals surface area contributed by atoms with E-state index < -0.39 is 17.6 Å². The van der Waals surface area contributed by atoms with E-state index in [-0.39, 0.29) is 0 Å². The summed E-state index contributed by atoms with van der Waals surface area (Å²) in [5.41, 5.74) is 1.04. The first kappa shape index (κ1) is 14.3. The molecule has 0 aliphatic carbocycles. The first-order valence-corrected chi connectivity index (χ1v) is 10.4. The quantitative estimate of drug-likeness (QED) is 0.604. The molecular weight excluding hydrogens is 212 g/mol. The van der Waals surface area contributed by atoms with E-state index in [0.717, 1.165) is 25.5 Å². The second-order valence-electron chi connectivity index (χ2n) is 3.47. The molecule has 0 spiro atoms. The SMILES string of the molecule is CCO[SiH](C)C[Si](C)(OCC)OCC. The van der Waals surface area contributed by atoms with Crippen molar-refractivity contribution in [2.75, 3.05) is 19.8 Å². The fraction of sp³-hybridized carbons (Fsp3) is 1.00. The van der Waals surface area contributed by atoms with Gasteiger partial charge in [-0.25, -0.2) is 0 Å². The molecule has 0 aromatic carbocycles. The van der Waals surface area contributed by atoms with Crippen LogP contribution in [0.15, 0.2) is 0 Å². The van der Waals surface area contributed by atoms with Crippen molar-refractivity contribution in [2.45, 2.75) is 39.5 Å². The zero-order valence-corrected chi connectivity index (χ0v) is 12.3. The molecule has 14 heavy (non-hydrogen) atoms. The largest absolute Gasteiger partial charge is 0.421 e. The number of hydrogen-bond acceptors (Lipinski definition) is 3. The Morgan fingerprint density at radius 1 is 1.00 bits per heavy atom. The van der Waals surface area contributed by atoms with E-state index in [0.29, 0.717) is 0 Å². The summed E-state index contributed by atoms with van der Waals surface area (Å²) in [6, 6.07) is 0. The van der Waals surface area contributed by atoms with Gasteiger partial charge in [0.1, 0.15) is 0 Å². The van der Waals surface area contributed by atoms with Gasteiger partial charge in [0.2, 0.25) is 0 Å². The molecule has 0 heterocycles. The topological polar surface area (TPSA) is 27.7 Å². The maximum atomic E-state index is 5.76. The molecule has 5 heteroatoms. The van der Waals surface area contributed by atoms with Crippen molar-refractivity contribution in [3.63, 3.8) is 0 Å². The summed E-state index contributed by atoms with van der Waals surface area (Å²) in [6.07, 6.45) is 0. The summed E-state index contributed by atoms with van der Waals surface area (Å²) in [7, 11) is -2.99. The van der Waals surface area contributed by atoms with E-state index in [1.165, 1.54) is 0 Å². The predicted molar refractivity (Wildman–Crippen MR) is 64.3 cm³/mol. The molecule has 0 rings (SSSR count). The lowest BCUT2D eigenvalue weighted by molar-refractivity contribution is 0.191. The Morgan fingerprint density at radius 3 is 1.86 bits per heavy atom. The standard InChI is InChI=1S/C9H24O3Si2/c1-6-10-13(4)9-14(5,11-7-2)12-8-3/h13H,6-9H2,1-5H3. The van der Waals surface area contributed by atoms with Gasteiger partial charge < -0.3 is 13.3 Å². The minimum atomic E-state index is -1.91. The molecule has 86 valence electrons. The summed E-state index contributed by atoms with van der Waals surface area (Å²) in [5.74, 6) is 0. The lowest BCUT2D eigenvalue weighted by Gasteiger charge is -2.27. The van der Waals surface area contributed by atoms with Gasteiger partial charge in [0.25, 0.3) is 0 Å². The van der Waals surface area contributed by atoms with E-state index in [4.69, 9.17) is 13.3 Å². The van der Waals surface area contributed by atoms with Gasteiger partial charge in [-0.1, -0.05) is 0 Å². The van der Waals surface area contributed by atoms with Gasteiger partial charge in [0, 0.05) is 25.5 Å². The van der Waals surface area contributed by atoms with E-state index in [1.54, 1.807) is 0 Å². The zero-order valence-electron chi connectivity index (χ0n) is 10.1. The van der Waals surface area contributed by atoms with Crippen LogP contribution in [0, 0.1) is 0 Å². The average molecular weight is 236 g/mol. The highest BCUT2D eigenvalue weighted by Gasteiger charge is 2.33. The molecule has 0 bridgehead atoms. The van der Waals surface area contributed by atoms with Gasteiger partial charge in [-0.15, -0.1) is 0 Å². The van der Waals surface area contributed by atoms with Crippen molar-refractivity contribution >= 4 is 17.6 Å². The Hall–Kier alpha value is 0.314. The number of rotatable bonds is 8. The van der Waals surface area contributed by atoms with Crippen LogP contribution in [0.3, 0.4) is 0 Å². The molecule has 0 amide bonds. The van der Waals surface area contributed by atoms with Crippen LogP contribution >= 0.6 is 0 Å². The van der Waals surface area contributed by atoms with Crippen LogP contribution in [0.25, 0.3) is 0 Å². The maximum Gasteiger partial charge on any atom is 0.334 e. The van der Waals surface area contributed by atoms with Crippen LogP contribution < -0.4 is 0 Å². The van der Waals surface area contributed by atoms with Gasteiger partial charge in [-0.3, -0.25) is 0 Å². The molecular formula is C9H24O3Si2. The molecule has 0 aromatic rings. The maximum absolute atomic E-state index is 5.76. The van der Waals surface area contributed by atoms with E-state index in [1.807, 2.05) is 20.8 Å². The lowest BCUT2D eigenvalue weighted by atomic mass is 10.9. The van der Waals surface area contributed by atoms with E-state index in [2.05, 4.69) is 13.1 Å². The molecule has 1 atom stereocenters. The molecule has 0 fully saturated rings. The predicted octanol–water partition coefficient (Wildman–Crippen LogP) is 2.06. The first-order chi connectivity index (χ1) is 6.58.